The Bertz CT molecular complexity index is 620. The molecule has 0 aliphatic rings. The third-order valence-electron chi connectivity index (χ3n) is 3.13. The zero-order valence-corrected chi connectivity index (χ0v) is 12.7. The van der Waals surface area contributed by atoms with Crippen LogP contribution < -0.4 is 10.5 Å². The van der Waals surface area contributed by atoms with Crippen molar-refractivity contribution in [3.8, 4) is 0 Å². The summed E-state index contributed by atoms with van der Waals surface area (Å²) in [6.45, 7) is 7.38. The fraction of sp³-hybridized carbons (Fsp3) is 0.500. The molecule has 0 amide bonds. The van der Waals surface area contributed by atoms with Gasteiger partial charge in [-0.05, 0) is 18.4 Å². The van der Waals surface area contributed by atoms with Crippen LogP contribution in [0.2, 0.25) is 0 Å². The van der Waals surface area contributed by atoms with Crippen molar-refractivity contribution in [1.82, 2.24) is 4.72 Å². The molecule has 0 heterocycles. The van der Waals surface area contributed by atoms with Crippen molar-refractivity contribution in [2.24, 2.45) is 5.41 Å². The van der Waals surface area contributed by atoms with Gasteiger partial charge < -0.3 is 5.73 Å². The lowest BCUT2D eigenvalue weighted by molar-refractivity contribution is -0.385. The number of nitrogen functional groups attached to an aromatic ring is 1. The highest BCUT2D eigenvalue weighted by Crippen LogP contribution is 2.26. The SMILES string of the molecule is CC(NS(=O)(=O)c1cc([N+](=O)[O-])ccc1N)C(C)(C)C. The summed E-state index contributed by atoms with van der Waals surface area (Å²) in [6.07, 6.45) is 0. The van der Waals surface area contributed by atoms with Crippen LogP contribution in [0.4, 0.5) is 11.4 Å². The first-order valence-electron chi connectivity index (χ1n) is 6.01. The van der Waals surface area contributed by atoms with Gasteiger partial charge in [0.25, 0.3) is 5.69 Å². The first kappa shape index (κ1) is 16.4. The van der Waals surface area contributed by atoms with Crippen LogP contribution in [0.5, 0.6) is 0 Å². The Hall–Kier alpha value is -1.67. The van der Waals surface area contributed by atoms with Gasteiger partial charge >= 0.3 is 0 Å². The smallest absolute Gasteiger partial charge is 0.270 e. The van der Waals surface area contributed by atoms with Gasteiger partial charge in [0.15, 0.2) is 0 Å². The number of nitrogens with two attached hydrogens (primary N) is 1. The third-order valence-corrected chi connectivity index (χ3v) is 4.72. The molecule has 0 spiro atoms. The van der Waals surface area contributed by atoms with Crippen molar-refractivity contribution >= 4 is 21.4 Å². The zero-order chi connectivity index (χ0) is 15.7. The molecule has 8 heteroatoms. The zero-order valence-electron chi connectivity index (χ0n) is 11.9. The highest BCUT2D eigenvalue weighted by Gasteiger charge is 2.28. The molecule has 112 valence electrons. The fourth-order valence-corrected chi connectivity index (χ4v) is 2.94. The molecule has 1 aromatic rings. The molecule has 0 bridgehead atoms. The number of anilines is 1. The Morgan fingerprint density at radius 3 is 2.35 bits per heavy atom. The van der Waals surface area contributed by atoms with Crippen LogP contribution in [0, 0.1) is 15.5 Å². The molecule has 0 radical (unpaired) electrons. The highest BCUT2D eigenvalue weighted by molar-refractivity contribution is 7.89. The maximum absolute atomic E-state index is 12.3. The van der Waals surface area contributed by atoms with Gasteiger partial charge in [0.05, 0.1) is 10.6 Å². The number of non-ortho nitro benzene ring substituents is 1. The second-order valence-corrected chi connectivity index (χ2v) is 7.37. The number of nitro groups is 1. The number of nitrogens with zero attached hydrogens (tertiary/aromatic N) is 1. The van der Waals surface area contributed by atoms with Gasteiger partial charge in [0.1, 0.15) is 4.90 Å². The summed E-state index contributed by atoms with van der Waals surface area (Å²) in [6, 6.07) is 2.99. The van der Waals surface area contributed by atoms with Crippen molar-refractivity contribution in [2.75, 3.05) is 5.73 Å². The minimum Gasteiger partial charge on any atom is -0.398 e. The lowest BCUT2D eigenvalue weighted by Crippen LogP contribution is -2.41. The number of nitrogens with one attached hydrogen (secondary N) is 1. The molecule has 1 rings (SSSR count). The number of sulfonamides is 1. The van der Waals surface area contributed by atoms with E-state index in [2.05, 4.69) is 4.72 Å². The third kappa shape index (κ3) is 3.67. The number of hydrogen-bond acceptors (Lipinski definition) is 5. The Labute approximate surface area is 118 Å². The number of hydrogen-bond donors (Lipinski definition) is 2. The summed E-state index contributed by atoms with van der Waals surface area (Å²) >= 11 is 0. The van der Waals surface area contributed by atoms with Crippen LogP contribution in [0.25, 0.3) is 0 Å². The number of benzene rings is 1. The lowest BCUT2D eigenvalue weighted by Gasteiger charge is -2.27. The summed E-state index contributed by atoms with van der Waals surface area (Å²) < 4.78 is 27.0. The first-order valence-corrected chi connectivity index (χ1v) is 7.49. The molecule has 0 aliphatic heterocycles. The monoisotopic (exact) mass is 301 g/mol. The molecule has 0 saturated carbocycles. The molecular formula is C12H19N3O4S. The van der Waals surface area contributed by atoms with Crippen molar-refractivity contribution in [1.29, 1.82) is 0 Å². The molecule has 7 nitrogen and oxygen atoms in total. The largest absolute Gasteiger partial charge is 0.398 e. The predicted molar refractivity (Wildman–Crippen MR) is 76.7 cm³/mol. The minimum absolute atomic E-state index is 0.0239. The minimum atomic E-state index is -3.91. The summed E-state index contributed by atoms with van der Waals surface area (Å²) in [5.41, 5.74) is 4.99. The first-order chi connectivity index (χ1) is 8.95. The van der Waals surface area contributed by atoms with E-state index in [0.29, 0.717) is 0 Å². The van der Waals surface area contributed by atoms with E-state index in [0.717, 1.165) is 6.07 Å². The van der Waals surface area contributed by atoms with Crippen LogP contribution in [0.3, 0.4) is 0 Å². The topological polar surface area (TPSA) is 115 Å². The molecular weight excluding hydrogens is 282 g/mol. The predicted octanol–water partition coefficient (Wildman–Crippen LogP) is 1.89. The molecule has 0 aliphatic carbocycles. The van der Waals surface area contributed by atoms with E-state index in [9.17, 15) is 18.5 Å². The summed E-state index contributed by atoms with van der Waals surface area (Å²) in [7, 11) is -3.91. The van der Waals surface area contributed by atoms with Crippen molar-refractivity contribution in [3.05, 3.63) is 28.3 Å². The highest BCUT2D eigenvalue weighted by atomic mass is 32.2. The fourth-order valence-electron chi connectivity index (χ4n) is 1.34. The van der Waals surface area contributed by atoms with Crippen molar-refractivity contribution in [3.63, 3.8) is 0 Å². The molecule has 0 fully saturated rings. The van der Waals surface area contributed by atoms with E-state index < -0.39 is 14.9 Å². The molecule has 1 aromatic carbocycles. The molecule has 20 heavy (non-hydrogen) atoms. The maximum atomic E-state index is 12.3. The van der Waals surface area contributed by atoms with Crippen LogP contribution in [-0.2, 0) is 10.0 Å². The van der Waals surface area contributed by atoms with E-state index in [1.807, 2.05) is 20.8 Å². The quantitative estimate of drug-likeness (QED) is 0.500. The van der Waals surface area contributed by atoms with Crippen LogP contribution >= 0.6 is 0 Å². The molecule has 1 atom stereocenters. The van der Waals surface area contributed by atoms with E-state index >= 15 is 0 Å². The van der Waals surface area contributed by atoms with E-state index in [4.69, 9.17) is 5.73 Å². The Morgan fingerprint density at radius 1 is 1.35 bits per heavy atom. The average molecular weight is 301 g/mol. The summed E-state index contributed by atoms with van der Waals surface area (Å²) in [5, 5.41) is 10.7. The van der Waals surface area contributed by atoms with Gasteiger partial charge in [-0.3, -0.25) is 10.1 Å². The van der Waals surface area contributed by atoms with Crippen LogP contribution in [0.1, 0.15) is 27.7 Å². The van der Waals surface area contributed by atoms with E-state index in [-0.39, 0.29) is 27.7 Å². The van der Waals surface area contributed by atoms with E-state index in [1.54, 1.807) is 6.92 Å². The molecule has 3 N–H and O–H groups in total. The van der Waals surface area contributed by atoms with E-state index in [1.165, 1.54) is 12.1 Å². The second-order valence-electron chi connectivity index (χ2n) is 5.69. The second kappa shape index (κ2) is 5.37. The molecule has 0 aromatic heterocycles. The van der Waals surface area contributed by atoms with Gasteiger partial charge in [-0.25, -0.2) is 13.1 Å². The molecule has 0 saturated heterocycles. The van der Waals surface area contributed by atoms with Crippen molar-refractivity contribution in [2.45, 2.75) is 38.6 Å². The van der Waals surface area contributed by atoms with Gasteiger partial charge in [-0.15, -0.1) is 0 Å². The summed E-state index contributed by atoms with van der Waals surface area (Å²) in [5.74, 6) is 0. The standard InChI is InChI=1S/C12H19N3O4S/c1-8(12(2,3)4)14-20(18,19)11-7-9(15(16)17)5-6-10(11)13/h5-8,14H,13H2,1-4H3. The number of nitro benzene ring substituents is 1. The van der Waals surface area contributed by atoms with Crippen LogP contribution in [0.15, 0.2) is 23.1 Å². The maximum Gasteiger partial charge on any atom is 0.270 e. The molecule has 1 unspecified atom stereocenters. The number of rotatable bonds is 4. The average Bonchev–Trinajstić information content (AvgIpc) is 2.26. The van der Waals surface area contributed by atoms with Crippen LogP contribution in [-0.4, -0.2) is 19.4 Å². The van der Waals surface area contributed by atoms with Gasteiger partial charge in [0, 0.05) is 18.2 Å². The van der Waals surface area contributed by atoms with Gasteiger partial charge in [0.2, 0.25) is 10.0 Å². The van der Waals surface area contributed by atoms with Gasteiger partial charge in [-0.1, -0.05) is 20.8 Å². The summed E-state index contributed by atoms with van der Waals surface area (Å²) in [4.78, 5) is 9.79. The van der Waals surface area contributed by atoms with Crippen molar-refractivity contribution < 1.29 is 13.3 Å². The normalized spacial score (nSPS) is 14.0. The Kier molecular flexibility index (Phi) is 4.40. The Balaban J connectivity index is 3.22. The lowest BCUT2D eigenvalue weighted by atomic mass is 9.89. The van der Waals surface area contributed by atoms with Gasteiger partial charge in [-0.2, -0.15) is 0 Å². The Morgan fingerprint density at radius 2 is 1.90 bits per heavy atom.